The number of carbonyl (C=O) groups is 1. The standard InChI is InChI=1S/C16H12ClF3N2O2S2/c17-9-5-3-8(4-6-9)12-11(13(23)10-2-1-7-26-10)15(24,16(18,19)20)22-14(25)21-12/h1-7,11-12,24H,(H2,21,22,25)/t11-,12+,15+/m1/s1. The second-order valence-electron chi connectivity index (χ2n) is 5.71. The summed E-state index contributed by atoms with van der Waals surface area (Å²) in [7, 11) is 0. The maximum atomic E-state index is 13.7. The monoisotopic (exact) mass is 420 g/mol. The zero-order valence-corrected chi connectivity index (χ0v) is 15.3. The summed E-state index contributed by atoms with van der Waals surface area (Å²) in [4.78, 5) is 13.0. The Kier molecular flexibility index (Phi) is 5.00. The van der Waals surface area contributed by atoms with Crippen molar-refractivity contribution in [1.29, 1.82) is 0 Å². The molecule has 2 aromatic rings. The Balaban J connectivity index is 2.14. The van der Waals surface area contributed by atoms with E-state index < -0.39 is 34.8 Å². The predicted octanol–water partition coefficient (Wildman–Crippen LogP) is 3.67. The number of nitrogens with one attached hydrogen (secondary N) is 2. The van der Waals surface area contributed by atoms with Gasteiger partial charge in [-0.2, -0.15) is 13.2 Å². The van der Waals surface area contributed by atoms with E-state index in [-0.39, 0.29) is 4.88 Å². The first-order chi connectivity index (χ1) is 12.1. The topological polar surface area (TPSA) is 61.4 Å². The molecule has 26 heavy (non-hydrogen) atoms. The Morgan fingerprint density at radius 1 is 1.27 bits per heavy atom. The van der Waals surface area contributed by atoms with Crippen LogP contribution >= 0.6 is 35.2 Å². The molecule has 0 radical (unpaired) electrons. The molecule has 1 saturated heterocycles. The van der Waals surface area contributed by atoms with Gasteiger partial charge in [-0.05, 0) is 41.4 Å². The van der Waals surface area contributed by atoms with Crippen molar-refractivity contribution in [3.05, 3.63) is 57.2 Å². The van der Waals surface area contributed by atoms with Crippen LogP contribution in [0.2, 0.25) is 5.02 Å². The fourth-order valence-corrected chi connectivity index (χ4v) is 3.97. The number of halogens is 4. The Morgan fingerprint density at radius 3 is 2.46 bits per heavy atom. The van der Waals surface area contributed by atoms with Gasteiger partial charge in [0, 0.05) is 5.02 Å². The average Bonchev–Trinajstić information content (AvgIpc) is 3.08. The number of thiophene rings is 1. The molecule has 1 aliphatic rings. The van der Waals surface area contributed by atoms with Gasteiger partial charge in [0.2, 0.25) is 5.72 Å². The molecule has 0 bridgehead atoms. The molecule has 10 heteroatoms. The van der Waals surface area contributed by atoms with Gasteiger partial charge >= 0.3 is 6.18 Å². The molecule has 0 spiro atoms. The summed E-state index contributed by atoms with van der Waals surface area (Å²) in [6.07, 6.45) is -5.14. The van der Waals surface area contributed by atoms with Crippen LogP contribution in [0.1, 0.15) is 21.3 Å². The number of hydrogen-bond donors (Lipinski definition) is 3. The molecule has 138 valence electrons. The lowest BCUT2D eigenvalue weighted by atomic mass is 9.79. The maximum Gasteiger partial charge on any atom is 0.437 e. The first-order valence-electron chi connectivity index (χ1n) is 7.34. The zero-order valence-electron chi connectivity index (χ0n) is 12.9. The van der Waals surface area contributed by atoms with Crippen LogP contribution in [0.4, 0.5) is 13.2 Å². The highest BCUT2D eigenvalue weighted by atomic mass is 35.5. The molecule has 3 N–H and O–H groups in total. The minimum atomic E-state index is -5.14. The summed E-state index contributed by atoms with van der Waals surface area (Å²) in [6, 6.07) is 7.72. The van der Waals surface area contributed by atoms with Gasteiger partial charge in [-0.25, -0.2) is 0 Å². The molecule has 2 heterocycles. The minimum Gasteiger partial charge on any atom is -0.363 e. The molecule has 0 amide bonds. The Hall–Kier alpha value is -1.68. The van der Waals surface area contributed by atoms with E-state index in [0.29, 0.717) is 10.6 Å². The van der Waals surface area contributed by atoms with E-state index in [0.717, 1.165) is 11.3 Å². The van der Waals surface area contributed by atoms with Gasteiger partial charge in [0.1, 0.15) is 5.92 Å². The van der Waals surface area contributed by atoms with E-state index in [4.69, 9.17) is 23.8 Å². The van der Waals surface area contributed by atoms with Gasteiger partial charge in [-0.15, -0.1) is 11.3 Å². The molecule has 1 aromatic heterocycles. The fraction of sp³-hybridized carbons (Fsp3) is 0.250. The predicted molar refractivity (Wildman–Crippen MR) is 96.2 cm³/mol. The van der Waals surface area contributed by atoms with Gasteiger partial charge in [0.15, 0.2) is 10.9 Å². The average molecular weight is 421 g/mol. The van der Waals surface area contributed by atoms with E-state index >= 15 is 0 Å². The summed E-state index contributed by atoms with van der Waals surface area (Å²) in [6.45, 7) is 0. The number of alkyl halides is 3. The molecule has 3 atom stereocenters. The molecule has 1 aliphatic heterocycles. The van der Waals surface area contributed by atoms with Crippen molar-refractivity contribution in [2.75, 3.05) is 0 Å². The molecule has 1 fully saturated rings. The summed E-state index contributed by atoms with van der Waals surface area (Å²) in [5.74, 6) is -2.74. The Bertz CT molecular complexity index is 827. The molecule has 4 nitrogen and oxygen atoms in total. The van der Waals surface area contributed by atoms with E-state index in [2.05, 4.69) is 5.32 Å². The van der Waals surface area contributed by atoms with Crippen LogP contribution in [0.5, 0.6) is 0 Å². The maximum absolute atomic E-state index is 13.7. The van der Waals surface area contributed by atoms with Crippen molar-refractivity contribution in [3.8, 4) is 0 Å². The highest BCUT2D eigenvalue weighted by Crippen LogP contribution is 2.44. The number of benzene rings is 1. The van der Waals surface area contributed by atoms with Crippen molar-refractivity contribution >= 4 is 46.1 Å². The summed E-state index contributed by atoms with van der Waals surface area (Å²) >= 11 is 11.7. The normalized spacial score (nSPS) is 26.1. The Morgan fingerprint density at radius 2 is 1.92 bits per heavy atom. The molecule has 0 saturated carbocycles. The quantitative estimate of drug-likeness (QED) is 0.522. The second-order valence-corrected chi connectivity index (χ2v) is 7.50. The highest BCUT2D eigenvalue weighted by Gasteiger charge is 2.65. The van der Waals surface area contributed by atoms with Crippen molar-refractivity contribution < 1.29 is 23.1 Å². The Labute approximate surface area is 161 Å². The molecule has 0 aliphatic carbocycles. The number of ketones is 1. The number of hydrogen-bond acceptors (Lipinski definition) is 4. The van der Waals surface area contributed by atoms with E-state index in [1.54, 1.807) is 11.4 Å². The highest BCUT2D eigenvalue weighted by molar-refractivity contribution is 7.80. The number of thiocarbonyl (C=S) groups is 1. The van der Waals surface area contributed by atoms with Crippen LogP contribution in [0.3, 0.4) is 0 Å². The van der Waals surface area contributed by atoms with Crippen LogP contribution in [0.25, 0.3) is 0 Å². The van der Waals surface area contributed by atoms with E-state index in [1.165, 1.54) is 30.3 Å². The third-order valence-corrected chi connectivity index (χ3v) is 5.44. The van der Waals surface area contributed by atoms with Gasteiger partial charge in [-0.3, -0.25) is 4.79 Å². The first-order valence-corrected chi connectivity index (χ1v) is 9.01. The van der Waals surface area contributed by atoms with Crippen molar-refractivity contribution in [3.63, 3.8) is 0 Å². The van der Waals surface area contributed by atoms with Gasteiger partial charge in [0.05, 0.1) is 10.9 Å². The number of aliphatic hydroxyl groups is 1. The lowest BCUT2D eigenvalue weighted by Gasteiger charge is -2.46. The van der Waals surface area contributed by atoms with E-state index in [1.807, 2.05) is 5.32 Å². The fourth-order valence-electron chi connectivity index (χ4n) is 2.86. The lowest BCUT2D eigenvalue weighted by molar-refractivity contribution is -0.285. The minimum absolute atomic E-state index is 0.105. The van der Waals surface area contributed by atoms with Crippen LogP contribution in [0, 0.1) is 5.92 Å². The van der Waals surface area contributed by atoms with Crippen molar-refractivity contribution in [1.82, 2.24) is 10.6 Å². The molecular weight excluding hydrogens is 409 g/mol. The molecule has 3 rings (SSSR count). The smallest absolute Gasteiger partial charge is 0.363 e. The third-order valence-electron chi connectivity index (χ3n) is 4.08. The summed E-state index contributed by atoms with van der Waals surface area (Å²) in [5, 5.41) is 16.6. The number of carbonyl (C=O) groups excluding carboxylic acids is 1. The zero-order chi connectivity index (χ0) is 19.1. The SMILES string of the molecule is O=C(c1cccs1)[C@H]1[C@H](c2ccc(Cl)cc2)NC(=S)N[C@@]1(O)C(F)(F)F. The van der Waals surface area contributed by atoms with E-state index in [9.17, 15) is 23.1 Å². The van der Waals surface area contributed by atoms with Crippen LogP contribution in [-0.4, -0.2) is 27.9 Å². The number of Topliss-reactive ketones (excluding diaryl/α,β-unsaturated/α-hetero) is 1. The summed E-state index contributed by atoms with van der Waals surface area (Å²) < 4.78 is 41.2. The molecule has 0 unspecified atom stereocenters. The largest absolute Gasteiger partial charge is 0.437 e. The van der Waals surface area contributed by atoms with Gasteiger partial charge in [0.25, 0.3) is 0 Å². The van der Waals surface area contributed by atoms with Gasteiger partial charge in [-0.1, -0.05) is 29.8 Å². The molecule has 1 aromatic carbocycles. The summed E-state index contributed by atoms with van der Waals surface area (Å²) in [5.41, 5.74) is -3.17. The first kappa shape index (κ1) is 19.1. The van der Waals surface area contributed by atoms with Crippen LogP contribution < -0.4 is 10.6 Å². The second kappa shape index (κ2) is 6.80. The lowest BCUT2D eigenvalue weighted by Crippen LogP contribution is -2.72. The third kappa shape index (κ3) is 3.32. The number of rotatable bonds is 3. The van der Waals surface area contributed by atoms with Crippen molar-refractivity contribution in [2.24, 2.45) is 5.92 Å². The van der Waals surface area contributed by atoms with Crippen molar-refractivity contribution in [2.45, 2.75) is 17.9 Å². The van der Waals surface area contributed by atoms with Crippen LogP contribution in [-0.2, 0) is 0 Å². The molecular formula is C16H12ClF3N2O2S2. The van der Waals surface area contributed by atoms with Gasteiger partial charge < -0.3 is 15.7 Å². The van der Waals surface area contributed by atoms with Crippen LogP contribution in [0.15, 0.2) is 41.8 Å².